The number of anilines is 1. The van der Waals surface area contributed by atoms with Crippen LogP contribution in [0.5, 0.6) is 0 Å². The van der Waals surface area contributed by atoms with Crippen LogP contribution in [0, 0.1) is 0 Å². The normalized spacial score (nSPS) is 13.8. The second kappa shape index (κ2) is 4.76. The Balaban J connectivity index is 1.96. The summed E-state index contributed by atoms with van der Waals surface area (Å²) in [6, 6.07) is 12.3. The summed E-state index contributed by atoms with van der Waals surface area (Å²) in [5.74, 6) is -0.575. The summed E-state index contributed by atoms with van der Waals surface area (Å²) in [7, 11) is 0. The van der Waals surface area contributed by atoms with Gasteiger partial charge in [0.05, 0.1) is 17.7 Å². The van der Waals surface area contributed by atoms with Crippen LogP contribution in [0.4, 0.5) is 5.69 Å². The van der Waals surface area contributed by atoms with E-state index in [1.54, 1.807) is 18.2 Å². The number of fused-ring (bicyclic) bond motifs is 1. The average molecular weight is 331 g/mol. The minimum Gasteiger partial charge on any atom is -0.399 e. The molecular formula is C15H11BrN2O2. The number of halogens is 1. The van der Waals surface area contributed by atoms with E-state index in [2.05, 4.69) is 15.9 Å². The summed E-state index contributed by atoms with van der Waals surface area (Å²) in [6.07, 6.45) is 0. The lowest BCUT2D eigenvalue weighted by atomic mass is 10.1. The summed E-state index contributed by atoms with van der Waals surface area (Å²) in [4.78, 5) is 25.8. The fourth-order valence-corrected chi connectivity index (χ4v) is 2.66. The van der Waals surface area contributed by atoms with Gasteiger partial charge in [0.1, 0.15) is 0 Å². The van der Waals surface area contributed by atoms with E-state index >= 15 is 0 Å². The van der Waals surface area contributed by atoms with Gasteiger partial charge in [-0.3, -0.25) is 14.5 Å². The molecule has 0 atom stereocenters. The number of amides is 2. The van der Waals surface area contributed by atoms with Gasteiger partial charge in [0.15, 0.2) is 0 Å². The van der Waals surface area contributed by atoms with Crippen molar-refractivity contribution in [3.05, 3.63) is 63.6 Å². The van der Waals surface area contributed by atoms with Gasteiger partial charge in [0.25, 0.3) is 11.8 Å². The smallest absolute Gasteiger partial charge is 0.261 e. The maximum Gasteiger partial charge on any atom is 0.261 e. The third kappa shape index (κ3) is 2.00. The topological polar surface area (TPSA) is 63.4 Å². The number of nitrogens with zero attached hydrogens (tertiary/aromatic N) is 1. The highest BCUT2D eigenvalue weighted by atomic mass is 79.9. The highest BCUT2D eigenvalue weighted by Crippen LogP contribution is 2.27. The van der Waals surface area contributed by atoms with E-state index in [4.69, 9.17) is 5.73 Å². The second-order valence-corrected chi connectivity index (χ2v) is 5.45. The lowest BCUT2D eigenvalue weighted by Crippen LogP contribution is -2.29. The Morgan fingerprint density at radius 2 is 1.70 bits per heavy atom. The Hall–Kier alpha value is -2.14. The molecule has 3 rings (SSSR count). The molecule has 0 spiro atoms. The predicted octanol–water partition coefficient (Wildman–Crippen LogP) is 2.83. The van der Waals surface area contributed by atoms with Crippen LogP contribution >= 0.6 is 15.9 Å². The number of nitrogens with two attached hydrogens (primary N) is 1. The number of hydrogen-bond donors (Lipinski definition) is 1. The molecule has 2 amide bonds. The van der Waals surface area contributed by atoms with Gasteiger partial charge in [-0.1, -0.05) is 34.1 Å². The maximum atomic E-state index is 12.3. The first-order chi connectivity index (χ1) is 9.58. The molecule has 5 heteroatoms. The zero-order valence-corrected chi connectivity index (χ0v) is 12.1. The summed E-state index contributed by atoms with van der Waals surface area (Å²) < 4.78 is 0.871. The number of carbonyl (C=O) groups is 2. The van der Waals surface area contributed by atoms with E-state index in [0.29, 0.717) is 16.8 Å². The zero-order valence-electron chi connectivity index (χ0n) is 10.5. The van der Waals surface area contributed by atoms with Gasteiger partial charge < -0.3 is 5.73 Å². The van der Waals surface area contributed by atoms with Gasteiger partial charge in [0.2, 0.25) is 0 Å². The fraction of sp³-hybridized carbons (Fsp3) is 0.0667. The largest absolute Gasteiger partial charge is 0.399 e. The van der Waals surface area contributed by atoms with Crippen molar-refractivity contribution in [2.24, 2.45) is 0 Å². The van der Waals surface area contributed by atoms with Crippen LogP contribution in [-0.4, -0.2) is 16.7 Å². The van der Waals surface area contributed by atoms with Crippen LogP contribution in [-0.2, 0) is 6.54 Å². The molecule has 1 heterocycles. The quantitative estimate of drug-likeness (QED) is 0.680. The first kappa shape index (κ1) is 12.9. The third-order valence-corrected chi connectivity index (χ3v) is 4.05. The van der Waals surface area contributed by atoms with Crippen molar-refractivity contribution in [3.63, 3.8) is 0 Å². The Bertz CT molecular complexity index is 728. The Morgan fingerprint density at radius 3 is 2.45 bits per heavy atom. The maximum absolute atomic E-state index is 12.3. The van der Waals surface area contributed by atoms with Crippen LogP contribution in [0.1, 0.15) is 26.3 Å². The summed E-state index contributed by atoms with van der Waals surface area (Å²) in [5, 5.41) is 0. The molecule has 2 N–H and O–H groups in total. The Labute approximate surface area is 124 Å². The van der Waals surface area contributed by atoms with E-state index in [-0.39, 0.29) is 18.4 Å². The number of rotatable bonds is 2. The van der Waals surface area contributed by atoms with Crippen LogP contribution in [0.3, 0.4) is 0 Å². The minimum atomic E-state index is -0.298. The molecule has 2 aromatic carbocycles. The first-order valence-corrected chi connectivity index (χ1v) is 6.86. The number of hydrogen-bond acceptors (Lipinski definition) is 3. The summed E-state index contributed by atoms with van der Waals surface area (Å²) in [6.45, 7) is 0.244. The molecule has 0 fully saturated rings. The average Bonchev–Trinajstić information content (AvgIpc) is 2.66. The number of carbonyl (C=O) groups excluding carboxylic acids is 2. The second-order valence-electron chi connectivity index (χ2n) is 4.59. The molecule has 0 bridgehead atoms. The molecule has 0 aliphatic carbocycles. The van der Waals surface area contributed by atoms with Crippen molar-refractivity contribution in [2.75, 3.05) is 5.73 Å². The number of imide groups is 1. The number of nitrogen functional groups attached to an aromatic ring is 1. The van der Waals surface area contributed by atoms with E-state index < -0.39 is 0 Å². The Morgan fingerprint density at radius 1 is 1.00 bits per heavy atom. The molecule has 0 saturated heterocycles. The van der Waals surface area contributed by atoms with E-state index in [0.717, 1.165) is 10.0 Å². The van der Waals surface area contributed by atoms with Crippen molar-refractivity contribution in [1.82, 2.24) is 4.90 Å². The van der Waals surface area contributed by atoms with Crippen LogP contribution in [0.15, 0.2) is 46.9 Å². The summed E-state index contributed by atoms with van der Waals surface area (Å²) in [5.41, 5.74) is 7.82. The van der Waals surface area contributed by atoms with Crippen molar-refractivity contribution in [2.45, 2.75) is 6.54 Å². The van der Waals surface area contributed by atoms with Gasteiger partial charge in [-0.25, -0.2) is 0 Å². The van der Waals surface area contributed by atoms with Crippen LogP contribution in [0.25, 0.3) is 0 Å². The van der Waals surface area contributed by atoms with Gasteiger partial charge in [-0.15, -0.1) is 0 Å². The SMILES string of the molecule is Nc1ccc2c(c1)C(=O)N(Cc1ccccc1Br)C2=O. The molecular weight excluding hydrogens is 320 g/mol. The van der Waals surface area contributed by atoms with Crippen molar-refractivity contribution >= 4 is 33.4 Å². The molecule has 0 radical (unpaired) electrons. The zero-order chi connectivity index (χ0) is 14.3. The molecule has 100 valence electrons. The van der Waals surface area contributed by atoms with Crippen molar-refractivity contribution in [1.29, 1.82) is 0 Å². The predicted molar refractivity (Wildman–Crippen MR) is 79.2 cm³/mol. The van der Waals surface area contributed by atoms with Crippen LogP contribution in [0.2, 0.25) is 0 Å². The molecule has 4 nitrogen and oxygen atoms in total. The van der Waals surface area contributed by atoms with E-state index in [9.17, 15) is 9.59 Å². The first-order valence-electron chi connectivity index (χ1n) is 6.07. The highest BCUT2D eigenvalue weighted by molar-refractivity contribution is 9.10. The standard InChI is InChI=1S/C15H11BrN2O2/c16-13-4-2-1-3-9(13)8-18-14(19)11-6-5-10(17)7-12(11)15(18)20/h1-7H,8,17H2. The molecule has 0 saturated carbocycles. The Kier molecular flexibility index (Phi) is 3.06. The monoisotopic (exact) mass is 330 g/mol. The van der Waals surface area contributed by atoms with Crippen molar-refractivity contribution < 1.29 is 9.59 Å². The third-order valence-electron chi connectivity index (χ3n) is 3.28. The fourth-order valence-electron chi connectivity index (χ4n) is 2.25. The molecule has 20 heavy (non-hydrogen) atoms. The van der Waals surface area contributed by atoms with Gasteiger partial charge in [-0.05, 0) is 29.8 Å². The summed E-state index contributed by atoms with van der Waals surface area (Å²) >= 11 is 3.42. The molecule has 2 aromatic rings. The van der Waals surface area contributed by atoms with Crippen LogP contribution < -0.4 is 5.73 Å². The van der Waals surface area contributed by atoms with Gasteiger partial charge in [0, 0.05) is 10.2 Å². The van der Waals surface area contributed by atoms with E-state index in [1.165, 1.54) is 4.90 Å². The molecule has 1 aliphatic heterocycles. The van der Waals surface area contributed by atoms with Gasteiger partial charge >= 0.3 is 0 Å². The highest BCUT2D eigenvalue weighted by Gasteiger charge is 2.35. The minimum absolute atomic E-state index is 0.244. The molecule has 1 aliphatic rings. The van der Waals surface area contributed by atoms with Crippen molar-refractivity contribution in [3.8, 4) is 0 Å². The molecule has 0 aromatic heterocycles. The molecule has 0 unspecified atom stereocenters. The lowest BCUT2D eigenvalue weighted by Gasteiger charge is -2.14. The number of benzene rings is 2. The van der Waals surface area contributed by atoms with Gasteiger partial charge in [-0.2, -0.15) is 0 Å². The van der Waals surface area contributed by atoms with E-state index in [1.807, 2.05) is 24.3 Å². The lowest BCUT2D eigenvalue weighted by molar-refractivity contribution is 0.0642.